The number of rotatable bonds is 4. The number of nitrogens with one attached hydrogen (secondary N) is 1. The number of morpholine rings is 1. The highest BCUT2D eigenvalue weighted by Gasteiger charge is 2.19. The molecule has 1 saturated heterocycles. The standard InChI is InChI=1S/C13H20N2O.C2H6/c1-14-9-13-11-15(7-8-16-13)10-12-5-3-2-4-6-12;1-2/h2-6,13-14H,7-11H2,1H3;1-2H3. The lowest BCUT2D eigenvalue weighted by Gasteiger charge is -2.32. The molecule has 0 aromatic heterocycles. The molecular weight excluding hydrogens is 224 g/mol. The second-order valence-electron chi connectivity index (χ2n) is 4.27. The van der Waals surface area contributed by atoms with Gasteiger partial charge in [-0.05, 0) is 12.6 Å². The predicted molar refractivity (Wildman–Crippen MR) is 76.7 cm³/mol. The van der Waals surface area contributed by atoms with Crippen molar-refractivity contribution in [3.05, 3.63) is 35.9 Å². The third kappa shape index (κ3) is 5.17. The molecule has 1 heterocycles. The fourth-order valence-corrected chi connectivity index (χ4v) is 2.12. The summed E-state index contributed by atoms with van der Waals surface area (Å²) >= 11 is 0. The maximum absolute atomic E-state index is 5.68. The monoisotopic (exact) mass is 250 g/mol. The lowest BCUT2D eigenvalue weighted by atomic mass is 10.2. The van der Waals surface area contributed by atoms with E-state index in [0.29, 0.717) is 6.10 Å². The molecule has 0 bridgehead atoms. The SMILES string of the molecule is CC.CNCC1CN(Cc2ccccc2)CCO1. The zero-order valence-corrected chi connectivity index (χ0v) is 11.9. The Morgan fingerprint density at radius 1 is 1.28 bits per heavy atom. The van der Waals surface area contributed by atoms with Gasteiger partial charge in [0.05, 0.1) is 12.7 Å². The van der Waals surface area contributed by atoms with Crippen molar-refractivity contribution in [2.24, 2.45) is 0 Å². The molecule has 1 aromatic rings. The maximum Gasteiger partial charge on any atom is 0.0826 e. The summed E-state index contributed by atoms with van der Waals surface area (Å²) in [6.45, 7) is 8.87. The number of benzene rings is 1. The van der Waals surface area contributed by atoms with E-state index in [2.05, 4.69) is 40.5 Å². The van der Waals surface area contributed by atoms with Crippen molar-refractivity contribution in [2.45, 2.75) is 26.5 Å². The van der Waals surface area contributed by atoms with E-state index in [4.69, 9.17) is 4.74 Å². The van der Waals surface area contributed by atoms with Crippen LogP contribution in [0.25, 0.3) is 0 Å². The van der Waals surface area contributed by atoms with Gasteiger partial charge in [-0.25, -0.2) is 0 Å². The smallest absolute Gasteiger partial charge is 0.0826 e. The third-order valence-electron chi connectivity index (χ3n) is 2.90. The topological polar surface area (TPSA) is 24.5 Å². The Morgan fingerprint density at radius 3 is 2.67 bits per heavy atom. The molecule has 0 radical (unpaired) electrons. The van der Waals surface area contributed by atoms with E-state index in [1.54, 1.807) is 0 Å². The Bertz CT molecular complexity index is 301. The number of nitrogens with zero attached hydrogens (tertiary/aromatic N) is 1. The Hall–Kier alpha value is -0.900. The van der Waals surface area contributed by atoms with Crippen molar-refractivity contribution in [1.82, 2.24) is 10.2 Å². The van der Waals surface area contributed by atoms with Gasteiger partial charge in [-0.1, -0.05) is 44.2 Å². The average molecular weight is 250 g/mol. The van der Waals surface area contributed by atoms with Gasteiger partial charge in [0.2, 0.25) is 0 Å². The molecule has 1 atom stereocenters. The van der Waals surface area contributed by atoms with E-state index < -0.39 is 0 Å². The second kappa shape index (κ2) is 9.09. The second-order valence-corrected chi connectivity index (χ2v) is 4.27. The van der Waals surface area contributed by atoms with E-state index in [-0.39, 0.29) is 0 Å². The van der Waals surface area contributed by atoms with Crippen LogP contribution in [0.2, 0.25) is 0 Å². The summed E-state index contributed by atoms with van der Waals surface area (Å²) in [6, 6.07) is 10.6. The van der Waals surface area contributed by atoms with Gasteiger partial charge < -0.3 is 10.1 Å². The van der Waals surface area contributed by atoms with E-state index in [1.165, 1.54) is 5.56 Å². The van der Waals surface area contributed by atoms with Crippen molar-refractivity contribution in [3.63, 3.8) is 0 Å². The molecule has 0 spiro atoms. The summed E-state index contributed by atoms with van der Waals surface area (Å²) in [7, 11) is 1.97. The lowest BCUT2D eigenvalue weighted by molar-refractivity contribution is -0.0291. The normalized spacial score (nSPS) is 20.1. The van der Waals surface area contributed by atoms with Crippen LogP contribution in [-0.2, 0) is 11.3 Å². The predicted octanol–water partition coefficient (Wildman–Crippen LogP) is 2.13. The number of hydrogen-bond donors (Lipinski definition) is 1. The Kier molecular flexibility index (Phi) is 7.65. The molecule has 18 heavy (non-hydrogen) atoms. The largest absolute Gasteiger partial charge is 0.374 e. The molecule has 1 unspecified atom stereocenters. The quantitative estimate of drug-likeness (QED) is 0.886. The number of hydrogen-bond acceptors (Lipinski definition) is 3. The molecule has 0 aliphatic carbocycles. The summed E-state index contributed by atoms with van der Waals surface area (Å²) in [5.74, 6) is 0. The first-order valence-corrected chi connectivity index (χ1v) is 6.91. The fourth-order valence-electron chi connectivity index (χ4n) is 2.12. The van der Waals surface area contributed by atoms with Crippen LogP contribution in [-0.4, -0.2) is 44.3 Å². The molecule has 0 saturated carbocycles. The van der Waals surface area contributed by atoms with Crippen LogP contribution in [0.1, 0.15) is 19.4 Å². The minimum Gasteiger partial charge on any atom is -0.374 e. The molecule has 3 nitrogen and oxygen atoms in total. The molecule has 1 fully saturated rings. The zero-order valence-electron chi connectivity index (χ0n) is 11.9. The molecular formula is C15H26N2O. The molecule has 0 amide bonds. The van der Waals surface area contributed by atoms with E-state index in [1.807, 2.05) is 20.9 Å². The highest BCUT2D eigenvalue weighted by Crippen LogP contribution is 2.09. The van der Waals surface area contributed by atoms with E-state index >= 15 is 0 Å². The maximum atomic E-state index is 5.68. The summed E-state index contributed by atoms with van der Waals surface area (Å²) in [5.41, 5.74) is 1.38. The minimum absolute atomic E-state index is 0.336. The number of ether oxygens (including phenoxy) is 1. The fraction of sp³-hybridized carbons (Fsp3) is 0.600. The zero-order chi connectivity index (χ0) is 13.2. The molecule has 102 valence electrons. The Morgan fingerprint density at radius 2 is 2.00 bits per heavy atom. The minimum atomic E-state index is 0.336. The van der Waals surface area contributed by atoms with Crippen LogP contribution in [0.3, 0.4) is 0 Å². The van der Waals surface area contributed by atoms with Crippen LogP contribution in [0.15, 0.2) is 30.3 Å². The highest BCUT2D eigenvalue weighted by molar-refractivity contribution is 5.14. The summed E-state index contributed by atoms with van der Waals surface area (Å²) in [5, 5.41) is 3.17. The third-order valence-corrected chi connectivity index (χ3v) is 2.90. The first-order valence-electron chi connectivity index (χ1n) is 6.91. The van der Waals surface area contributed by atoms with Crippen molar-refractivity contribution in [3.8, 4) is 0 Å². The van der Waals surface area contributed by atoms with Crippen LogP contribution in [0.5, 0.6) is 0 Å². The highest BCUT2D eigenvalue weighted by atomic mass is 16.5. The molecule has 1 aromatic carbocycles. The Labute approximate surface area is 111 Å². The Balaban J connectivity index is 0.000000771. The van der Waals surface area contributed by atoms with Gasteiger partial charge in [0.1, 0.15) is 0 Å². The summed E-state index contributed by atoms with van der Waals surface area (Å²) in [6.07, 6.45) is 0.336. The van der Waals surface area contributed by atoms with E-state index in [9.17, 15) is 0 Å². The number of likely N-dealkylation sites (N-methyl/N-ethyl adjacent to an activating group) is 1. The lowest BCUT2D eigenvalue weighted by Crippen LogP contribution is -2.45. The summed E-state index contributed by atoms with van der Waals surface area (Å²) < 4.78 is 5.68. The summed E-state index contributed by atoms with van der Waals surface area (Å²) in [4.78, 5) is 2.46. The van der Waals surface area contributed by atoms with Crippen LogP contribution in [0, 0.1) is 0 Å². The first kappa shape index (κ1) is 15.2. The van der Waals surface area contributed by atoms with Gasteiger partial charge in [0.25, 0.3) is 0 Å². The van der Waals surface area contributed by atoms with Gasteiger partial charge >= 0.3 is 0 Å². The molecule has 1 aliphatic rings. The first-order chi connectivity index (χ1) is 8.88. The van der Waals surface area contributed by atoms with Crippen molar-refractivity contribution in [1.29, 1.82) is 0 Å². The molecule has 3 heteroatoms. The van der Waals surface area contributed by atoms with Gasteiger partial charge in [-0.15, -0.1) is 0 Å². The van der Waals surface area contributed by atoms with Gasteiger partial charge in [-0.3, -0.25) is 4.90 Å². The van der Waals surface area contributed by atoms with Crippen LogP contribution < -0.4 is 5.32 Å². The molecule has 1 N–H and O–H groups in total. The van der Waals surface area contributed by atoms with Gasteiger partial charge in [0, 0.05) is 26.2 Å². The van der Waals surface area contributed by atoms with Gasteiger partial charge in [-0.2, -0.15) is 0 Å². The van der Waals surface area contributed by atoms with E-state index in [0.717, 1.165) is 32.8 Å². The van der Waals surface area contributed by atoms with Crippen molar-refractivity contribution < 1.29 is 4.74 Å². The average Bonchev–Trinajstić information content (AvgIpc) is 2.43. The van der Waals surface area contributed by atoms with Crippen molar-refractivity contribution >= 4 is 0 Å². The van der Waals surface area contributed by atoms with Crippen LogP contribution >= 0.6 is 0 Å². The van der Waals surface area contributed by atoms with Crippen molar-refractivity contribution in [2.75, 3.05) is 33.3 Å². The van der Waals surface area contributed by atoms with Crippen LogP contribution in [0.4, 0.5) is 0 Å². The molecule has 2 rings (SSSR count). The molecule has 1 aliphatic heterocycles. The van der Waals surface area contributed by atoms with Gasteiger partial charge in [0.15, 0.2) is 0 Å².